The Labute approximate surface area is 178 Å². The largest absolute Gasteiger partial charge is 0.379 e. The predicted molar refractivity (Wildman–Crippen MR) is 117 cm³/mol. The van der Waals surface area contributed by atoms with Crippen molar-refractivity contribution in [3.8, 4) is 6.07 Å². The van der Waals surface area contributed by atoms with Crippen molar-refractivity contribution >= 4 is 18.1 Å². The van der Waals surface area contributed by atoms with Gasteiger partial charge in [-0.25, -0.2) is 0 Å². The normalized spacial score (nSPS) is 22.0. The quantitative estimate of drug-likeness (QED) is 0.666. The van der Waals surface area contributed by atoms with E-state index in [0.29, 0.717) is 32.8 Å². The fourth-order valence-electron chi connectivity index (χ4n) is 4.04. The van der Waals surface area contributed by atoms with Gasteiger partial charge in [-0.15, -0.1) is 0 Å². The van der Waals surface area contributed by atoms with Gasteiger partial charge >= 0.3 is 0 Å². The molecule has 2 saturated heterocycles. The van der Waals surface area contributed by atoms with Gasteiger partial charge in [0, 0.05) is 56.9 Å². The monoisotopic (exact) mass is 430 g/mol. The van der Waals surface area contributed by atoms with E-state index in [9.17, 15) is 5.26 Å². The van der Waals surface area contributed by atoms with Crippen LogP contribution >= 0.6 is 6.34 Å². The maximum absolute atomic E-state index is 9.72. The molecule has 8 heteroatoms. The zero-order valence-corrected chi connectivity index (χ0v) is 18.3. The molecule has 0 atom stereocenters. The van der Waals surface area contributed by atoms with E-state index in [1.54, 1.807) is 0 Å². The molecule has 0 aliphatic carbocycles. The van der Waals surface area contributed by atoms with Crippen LogP contribution in [-0.2, 0) is 27.8 Å². The third-order valence-corrected chi connectivity index (χ3v) is 10.9. The molecule has 3 heterocycles. The molecule has 0 bridgehead atoms. The van der Waals surface area contributed by atoms with E-state index in [4.69, 9.17) is 21.3 Å². The summed E-state index contributed by atoms with van der Waals surface area (Å²) in [6.07, 6.45) is 2.64. The number of rotatable bonds is 5. The number of hydrogen-bond acceptors (Lipinski definition) is 5. The molecule has 0 spiro atoms. The number of hydrogen-bond donors (Lipinski definition) is 0. The second kappa shape index (κ2) is 9.53. The van der Waals surface area contributed by atoms with Crippen molar-refractivity contribution in [2.24, 2.45) is 0 Å². The van der Waals surface area contributed by atoms with Crippen LogP contribution in [0.5, 0.6) is 0 Å². The molecular weight excluding hydrogens is 403 g/mol. The Kier molecular flexibility index (Phi) is 6.81. The van der Waals surface area contributed by atoms with Gasteiger partial charge in [-0.05, 0) is 5.56 Å². The first-order chi connectivity index (χ1) is 14.2. The summed E-state index contributed by atoms with van der Waals surface area (Å²) in [6, 6.07) is 12.7. The number of benzene rings is 1. The Bertz CT molecular complexity index is 833. The molecule has 6 nitrogen and oxygen atoms in total. The molecular formula is C21H27N4O2PS. The van der Waals surface area contributed by atoms with Crippen molar-refractivity contribution in [3.05, 3.63) is 59.2 Å². The van der Waals surface area contributed by atoms with E-state index in [2.05, 4.69) is 38.6 Å². The third-order valence-electron chi connectivity index (χ3n) is 5.48. The number of ether oxygens (including phenoxy) is 2. The van der Waals surface area contributed by atoms with Gasteiger partial charge in [0.1, 0.15) is 6.34 Å². The summed E-state index contributed by atoms with van der Waals surface area (Å²) in [5.74, 6) is 0. The van der Waals surface area contributed by atoms with Crippen molar-refractivity contribution < 1.29 is 9.47 Å². The molecule has 0 radical (unpaired) electrons. The third kappa shape index (κ3) is 4.64. The van der Waals surface area contributed by atoms with Crippen molar-refractivity contribution in [2.75, 3.05) is 52.6 Å². The second-order valence-electron chi connectivity index (χ2n) is 7.40. The maximum atomic E-state index is 9.72. The van der Waals surface area contributed by atoms with Crippen LogP contribution in [0.3, 0.4) is 0 Å². The van der Waals surface area contributed by atoms with Gasteiger partial charge < -0.3 is 14.4 Å². The molecule has 154 valence electrons. The van der Waals surface area contributed by atoms with Crippen LogP contribution in [0.2, 0.25) is 0 Å². The first-order valence-corrected chi connectivity index (χ1v) is 12.8. The molecule has 0 saturated carbocycles. The van der Waals surface area contributed by atoms with Crippen LogP contribution in [0.15, 0.2) is 53.6 Å². The molecule has 29 heavy (non-hydrogen) atoms. The van der Waals surface area contributed by atoms with E-state index < -0.39 is 6.34 Å². The number of allylic oxidation sites excluding steroid dienone is 2. The zero-order chi connectivity index (χ0) is 20.1. The molecule has 2 fully saturated rings. The van der Waals surface area contributed by atoms with E-state index in [0.717, 1.165) is 38.3 Å². The Morgan fingerprint density at radius 2 is 1.52 bits per heavy atom. The number of nitrogens with zero attached hydrogens (tertiary/aromatic N) is 4. The van der Waals surface area contributed by atoms with E-state index in [-0.39, 0.29) is 0 Å². The molecule has 3 aliphatic rings. The van der Waals surface area contributed by atoms with Crippen LogP contribution in [0.1, 0.15) is 12.0 Å². The van der Waals surface area contributed by atoms with Crippen LogP contribution in [0, 0.1) is 11.3 Å². The van der Waals surface area contributed by atoms with Gasteiger partial charge in [0.2, 0.25) is 0 Å². The lowest BCUT2D eigenvalue weighted by molar-refractivity contribution is 0.0584. The number of morpholine rings is 2. The lowest BCUT2D eigenvalue weighted by Gasteiger charge is -2.47. The van der Waals surface area contributed by atoms with Gasteiger partial charge in [-0.2, -0.15) is 5.26 Å². The summed E-state index contributed by atoms with van der Waals surface area (Å²) < 4.78 is 16.1. The molecule has 1 aromatic carbocycles. The summed E-state index contributed by atoms with van der Waals surface area (Å²) in [6.45, 7) is 6.96. The minimum absolute atomic E-state index is 0.633. The van der Waals surface area contributed by atoms with Gasteiger partial charge in [0.25, 0.3) is 0 Å². The van der Waals surface area contributed by atoms with Crippen molar-refractivity contribution in [2.45, 2.75) is 13.0 Å². The maximum Gasteiger partial charge on any atom is 0.105 e. The minimum atomic E-state index is -2.17. The second-order valence-corrected chi connectivity index (χ2v) is 11.7. The van der Waals surface area contributed by atoms with E-state index in [1.807, 2.05) is 24.4 Å². The molecule has 0 N–H and O–H groups in total. The first kappa shape index (κ1) is 20.7. The highest BCUT2D eigenvalue weighted by molar-refractivity contribution is 8.14. The van der Waals surface area contributed by atoms with Crippen LogP contribution < -0.4 is 0 Å². The fourth-order valence-corrected chi connectivity index (χ4v) is 8.52. The van der Waals surface area contributed by atoms with Crippen LogP contribution in [-0.4, -0.2) is 66.8 Å². The highest BCUT2D eigenvalue weighted by Crippen LogP contribution is 2.63. The SMILES string of the molecule is N#CC1=CN(Cc2ccccc2)C=C(P(=S)(N2CCOCC2)N2CCOCC2)C1. The zero-order valence-electron chi connectivity index (χ0n) is 16.6. The smallest absolute Gasteiger partial charge is 0.105 e. The average Bonchev–Trinajstić information content (AvgIpc) is 2.80. The summed E-state index contributed by atoms with van der Waals surface area (Å²) in [4.78, 5) is 2.13. The topological polar surface area (TPSA) is 52.0 Å². The number of nitriles is 1. The predicted octanol–water partition coefficient (Wildman–Crippen LogP) is 3.12. The molecule has 0 unspecified atom stereocenters. The Morgan fingerprint density at radius 1 is 0.931 bits per heavy atom. The Balaban J connectivity index is 1.68. The lowest BCUT2D eigenvalue weighted by Crippen LogP contribution is -2.43. The van der Waals surface area contributed by atoms with Crippen LogP contribution in [0.25, 0.3) is 0 Å². The van der Waals surface area contributed by atoms with Crippen LogP contribution in [0.4, 0.5) is 0 Å². The standard InChI is InChI=1S/C21H27N4O2PS/c22-15-20-14-21(18-23(17-20)16-19-4-2-1-3-5-19)28(29,24-6-10-26-11-7-24)25-8-12-27-13-9-25/h1-5,17-18H,6-14,16H2. The Morgan fingerprint density at radius 3 is 2.07 bits per heavy atom. The molecule has 0 aromatic heterocycles. The molecule has 3 aliphatic heterocycles. The summed E-state index contributed by atoms with van der Waals surface area (Å²) in [5, 5.41) is 10.9. The van der Waals surface area contributed by atoms with Crippen molar-refractivity contribution in [1.82, 2.24) is 14.2 Å². The van der Waals surface area contributed by atoms with Gasteiger partial charge in [0.15, 0.2) is 0 Å². The van der Waals surface area contributed by atoms with Crippen molar-refractivity contribution in [1.29, 1.82) is 5.26 Å². The molecule has 1 aromatic rings. The minimum Gasteiger partial charge on any atom is -0.379 e. The summed E-state index contributed by atoms with van der Waals surface area (Å²) in [7, 11) is 0. The average molecular weight is 431 g/mol. The molecule has 0 amide bonds. The lowest BCUT2D eigenvalue weighted by atomic mass is 10.1. The Hall–Kier alpha value is -1.52. The van der Waals surface area contributed by atoms with Gasteiger partial charge in [0.05, 0.1) is 38.1 Å². The first-order valence-electron chi connectivity index (χ1n) is 10.1. The van der Waals surface area contributed by atoms with Gasteiger partial charge in [-0.3, -0.25) is 9.34 Å². The van der Waals surface area contributed by atoms with E-state index in [1.165, 1.54) is 10.9 Å². The summed E-state index contributed by atoms with van der Waals surface area (Å²) in [5.41, 5.74) is 1.98. The molecule has 4 rings (SSSR count). The van der Waals surface area contributed by atoms with Crippen molar-refractivity contribution in [3.63, 3.8) is 0 Å². The highest BCUT2D eigenvalue weighted by Gasteiger charge is 2.39. The summed E-state index contributed by atoms with van der Waals surface area (Å²) >= 11 is 6.50. The van der Waals surface area contributed by atoms with Gasteiger partial charge in [-0.1, -0.05) is 42.1 Å². The van der Waals surface area contributed by atoms with E-state index >= 15 is 0 Å². The fraction of sp³-hybridized carbons (Fsp3) is 0.476. The highest BCUT2D eigenvalue weighted by atomic mass is 32.4.